The summed E-state index contributed by atoms with van der Waals surface area (Å²) in [6, 6.07) is 10.7. The number of nitro groups is 1. The largest absolute Gasteiger partial charge is 0.282 e. The molecule has 25 heavy (non-hydrogen) atoms. The minimum Gasteiger partial charge on any atom is -0.266 e. The van der Waals surface area contributed by atoms with E-state index in [1.165, 1.54) is 17.0 Å². The van der Waals surface area contributed by atoms with Crippen LogP contribution in [0.3, 0.4) is 0 Å². The minimum absolute atomic E-state index is 0.0214. The van der Waals surface area contributed by atoms with E-state index in [-0.39, 0.29) is 17.3 Å². The summed E-state index contributed by atoms with van der Waals surface area (Å²) >= 11 is 12.2. The zero-order valence-corrected chi connectivity index (χ0v) is 14.5. The second-order valence-corrected chi connectivity index (χ2v) is 6.12. The molecule has 1 amide bonds. The third-order valence-electron chi connectivity index (χ3n) is 3.58. The van der Waals surface area contributed by atoms with E-state index in [1.54, 1.807) is 43.3 Å². The van der Waals surface area contributed by atoms with E-state index in [9.17, 15) is 14.9 Å². The molecule has 0 saturated heterocycles. The predicted molar refractivity (Wildman–Crippen MR) is 98.1 cm³/mol. The first-order valence-electron chi connectivity index (χ1n) is 7.18. The highest BCUT2D eigenvalue weighted by Gasteiger charge is 2.30. The molecule has 0 bridgehead atoms. The van der Waals surface area contributed by atoms with Gasteiger partial charge in [-0.1, -0.05) is 23.2 Å². The summed E-state index contributed by atoms with van der Waals surface area (Å²) in [5.41, 5.74) is 1.27. The van der Waals surface area contributed by atoms with Crippen molar-refractivity contribution in [3.05, 3.63) is 73.9 Å². The Kier molecular flexibility index (Phi) is 4.57. The number of carbonyl (C=O) groups excluding carboxylic acids is 1. The molecule has 0 aromatic heterocycles. The van der Waals surface area contributed by atoms with E-state index in [0.717, 1.165) is 0 Å². The highest BCUT2D eigenvalue weighted by atomic mass is 35.5. The number of hydrogen-bond donors (Lipinski definition) is 0. The molecule has 2 aromatic rings. The molecule has 1 aliphatic rings. The molecular weight excluding hydrogens is 365 g/mol. The Morgan fingerprint density at radius 1 is 1.16 bits per heavy atom. The van der Waals surface area contributed by atoms with Crippen LogP contribution in [0.1, 0.15) is 12.5 Å². The topological polar surface area (TPSA) is 75.8 Å². The number of carbonyl (C=O) groups is 1. The molecule has 1 heterocycles. The predicted octanol–water partition coefficient (Wildman–Crippen LogP) is 4.71. The zero-order valence-electron chi connectivity index (χ0n) is 12.9. The number of amides is 1. The lowest BCUT2D eigenvalue weighted by Crippen LogP contribution is -2.30. The molecule has 126 valence electrons. The SMILES string of the molecule is CC1=N/C(=C\c2ccc([N+](=O)[O-])cc2)C(=O)N1c1cc(Cl)ccc1Cl. The van der Waals surface area contributed by atoms with Gasteiger partial charge in [0.15, 0.2) is 0 Å². The van der Waals surface area contributed by atoms with Crippen molar-refractivity contribution in [2.75, 3.05) is 4.90 Å². The number of halogens is 2. The number of amidine groups is 1. The molecule has 0 saturated carbocycles. The Morgan fingerprint density at radius 2 is 1.84 bits per heavy atom. The number of rotatable bonds is 3. The standard InChI is InChI=1S/C17H11Cl2N3O3/c1-10-20-15(8-11-2-5-13(6-3-11)22(24)25)17(23)21(10)16-9-12(18)4-7-14(16)19/h2-9H,1H3/b15-8-. The van der Waals surface area contributed by atoms with Gasteiger partial charge in [0.05, 0.1) is 15.6 Å². The Hall–Kier alpha value is -2.70. The van der Waals surface area contributed by atoms with Gasteiger partial charge in [0.2, 0.25) is 0 Å². The van der Waals surface area contributed by atoms with Gasteiger partial charge in [-0.25, -0.2) is 4.99 Å². The van der Waals surface area contributed by atoms with Crippen LogP contribution in [0.15, 0.2) is 53.2 Å². The Labute approximate surface area is 153 Å². The zero-order chi connectivity index (χ0) is 18.1. The van der Waals surface area contributed by atoms with Gasteiger partial charge in [-0.05, 0) is 48.9 Å². The molecule has 0 fully saturated rings. The lowest BCUT2D eigenvalue weighted by atomic mass is 10.1. The van der Waals surface area contributed by atoms with Crippen LogP contribution in [-0.2, 0) is 4.79 Å². The van der Waals surface area contributed by atoms with Crippen LogP contribution in [0, 0.1) is 10.1 Å². The maximum atomic E-state index is 12.7. The van der Waals surface area contributed by atoms with E-state index in [0.29, 0.717) is 27.1 Å². The molecule has 6 nitrogen and oxygen atoms in total. The number of anilines is 1. The van der Waals surface area contributed by atoms with Crippen molar-refractivity contribution >= 4 is 52.4 Å². The van der Waals surface area contributed by atoms with E-state index in [1.807, 2.05) is 0 Å². The van der Waals surface area contributed by atoms with Crippen molar-refractivity contribution in [1.29, 1.82) is 0 Å². The number of nitrogens with zero attached hydrogens (tertiary/aromatic N) is 3. The van der Waals surface area contributed by atoms with Gasteiger partial charge in [0, 0.05) is 17.2 Å². The van der Waals surface area contributed by atoms with Gasteiger partial charge in [0.25, 0.3) is 11.6 Å². The molecule has 0 unspecified atom stereocenters. The molecule has 0 N–H and O–H groups in total. The first kappa shape index (κ1) is 17.1. The first-order chi connectivity index (χ1) is 11.9. The summed E-state index contributed by atoms with van der Waals surface area (Å²) in [6.45, 7) is 1.69. The fourth-order valence-electron chi connectivity index (χ4n) is 2.42. The summed E-state index contributed by atoms with van der Waals surface area (Å²) < 4.78 is 0. The molecule has 8 heteroatoms. The van der Waals surface area contributed by atoms with Crippen molar-refractivity contribution in [2.45, 2.75) is 6.92 Å². The number of aliphatic imine (C=N–C) groups is 1. The van der Waals surface area contributed by atoms with Crippen molar-refractivity contribution in [3.8, 4) is 0 Å². The Balaban J connectivity index is 1.94. The van der Waals surface area contributed by atoms with Gasteiger partial charge in [-0.2, -0.15) is 0 Å². The van der Waals surface area contributed by atoms with Crippen molar-refractivity contribution < 1.29 is 9.72 Å². The Bertz CT molecular complexity index is 937. The first-order valence-corrected chi connectivity index (χ1v) is 7.93. The molecule has 0 spiro atoms. The molecular formula is C17H11Cl2N3O3. The normalized spacial score (nSPS) is 15.6. The second-order valence-electron chi connectivity index (χ2n) is 5.27. The summed E-state index contributed by atoms with van der Waals surface area (Å²) in [5.74, 6) is 0.113. The van der Waals surface area contributed by atoms with Crippen LogP contribution in [-0.4, -0.2) is 16.7 Å². The monoisotopic (exact) mass is 375 g/mol. The smallest absolute Gasteiger partial charge is 0.266 e. The van der Waals surface area contributed by atoms with E-state index < -0.39 is 4.92 Å². The van der Waals surface area contributed by atoms with Crippen LogP contribution in [0.2, 0.25) is 10.0 Å². The van der Waals surface area contributed by atoms with Gasteiger partial charge in [-0.15, -0.1) is 0 Å². The quantitative estimate of drug-likeness (QED) is 0.442. The second kappa shape index (κ2) is 6.66. The number of nitro benzene ring substituents is 1. The average Bonchev–Trinajstić information content (AvgIpc) is 2.84. The third kappa shape index (κ3) is 3.40. The summed E-state index contributed by atoms with van der Waals surface area (Å²) in [4.78, 5) is 28.6. The van der Waals surface area contributed by atoms with Crippen LogP contribution in [0.25, 0.3) is 6.08 Å². The molecule has 0 atom stereocenters. The highest BCUT2D eigenvalue weighted by molar-refractivity contribution is 6.38. The molecule has 0 aliphatic carbocycles. The van der Waals surface area contributed by atoms with Crippen LogP contribution < -0.4 is 4.90 Å². The van der Waals surface area contributed by atoms with E-state index in [2.05, 4.69) is 4.99 Å². The van der Waals surface area contributed by atoms with Crippen molar-refractivity contribution in [1.82, 2.24) is 0 Å². The number of benzene rings is 2. The van der Waals surface area contributed by atoms with Gasteiger partial charge >= 0.3 is 0 Å². The van der Waals surface area contributed by atoms with Gasteiger partial charge in [0.1, 0.15) is 11.5 Å². The summed E-state index contributed by atoms with van der Waals surface area (Å²) in [5, 5.41) is 11.5. The minimum atomic E-state index is -0.483. The lowest BCUT2D eigenvalue weighted by molar-refractivity contribution is -0.384. The van der Waals surface area contributed by atoms with Crippen LogP contribution >= 0.6 is 23.2 Å². The maximum Gasteiger partial charge on any atom is 0.282 e. The summed E-state index contributed by atoms with van der Waals surface area (Å²) in [6.07, 6.45) is 1.56. The summed E-state index contributed by atoms with van der Waals surface area (Å²) in [7, 11) is 0. The average molecular weight is 376 g/mol. The highest BCUT2D eigenvalue weighted by Crippen LogP contribution is 2.33. The Morgan fingerprint density at radius 3 is 2.48 bits per heavy atom. The van der Waals surface area contributed by atoms with Gasteiger partial charge < -0.3 is 0 Å². The fourth-order valence-corrected chi connectivity index (χ4v) is 2.79. The lowest BCUT2D eigenvalue weighted by Gasteiger charge is -2.17. The van der Waals surface area contributed by atoms with Gasteiger partial charge in [-0.3, -0.25) is 19.8 Å². The molecule has 3 rings (SSSR count). The van der Waals surface area contributed by atoms with E-state index in [4.69, 9.17) is 23.2 Å². The van der Waals surface area contributed by atoms with Crippen LogP contribution in [0.4, 0.5) is 11.4 Å². The number of hydrogen-bond acceptors (Lipinski definition) is 4. The van der Waals surface area contributed by atoms with E-state index >= 15 is 0 Å². The third-order valence-corrected chi connectivity index (χ3v) is 4.14. The maximum absolute atomic E-state index is 12.7. The fraction of sp³-hybridized carbons (Fsp3) is 0.0588. The molecule has 2 aromatic carbocycles. The number of non-ortho nitro benzene ring substituents is 1. The van der Waals surface area contributed by atoms with Crippen molar-refractivity contribution in [2.24, 2.45) is 4.99 Å². The molecule has 0 radical (unpaired) electrons. The molecule has 1 aliphatic heterocycles. The van der Waals surface area contributed by atoms with Crippen molar-refractivity contribution in [3.63, 3.8) is 0 Å². The van der Waals surface area contributed by atoms with Crippen LogP contribution in [0.5, 0.6) is 0 Å².